The maximum absolute atomic E-state index is 10.9. The molecule has 92 valence electrons. The molecule has 0 saturated carbocycles. The molecule has 1 heterocycles. The third kappa shape index (κ3) is 4.26. The molecule has 0 radical (unpaired) electrons. The predicted octanol–water partition coefficient (Wildman–Crippen LogP) is 1.68. The first kappa shape index (κ1) is 13.2. The van der Waals surface area contributed by atoms with Gasteiger partial charge in [-0.25, -0.2) is 4.79 Å². The van der Waals surface area contributed by atoms with E-state index in [1.807, 2.05) is 26.0 Å². The van der Waals surface area contributed by atoms with Crippen molar-refractivity contribution in [2.24, 2.45) is 0 Å². The topological polar surface area (TPSA) is 65.3 Å². The molecule has 1 aromatic rings. The number of rotatable bonds is 2. The lowest BCUT2D eigenvalue weighted by Gasteiger charge is -1.97. The van der Waals surface area contributed by atoms with Crippen LogP contribution >= 0.6 is 0 Å². The molecule has 1 aliphatic rings. The van der Waals surface area contributed by atoms with E-state index in [-0.39, 0.29) is 17.9 Å². The van der Waals surface area contributed by atoms with Gasteiger partial charge in [0.2, 0.25) is 5.91 Å². The number of ether oxygens (including phenoxy) is 1. The fourth-order valence-electron chi connectivity index (χ4n) is 1.23. The number of nitrogens with one attached hydrogen (secondary N) is 1. The van der Waals surface area contributed by atoms with Crippen molar-refractivity contribution in [2.45, 2.75) is 26.3 Å². The molecule has 1 saturated heterocycles. The molecule has 4 nitrogen and oxygen atoms in total. The van der Waals surface area contributed by atoms with Crippen molar-refractivity contribution < 1.29 is 14.3 Å². The highest BCUT2D eigenvalue weighted by atomic mass is 16.5. The standard InChI is InChI=1S/C9H10O2.C4H7NO/c1-7-3-5-8(6-4-7)9(10)11-2;1-2-3-4(6)5-3/h3-6H,1-2H3;3H,2H2,1H3,(H,5,6). The molecule has 0 aromatic heterocycles. The van der Waals surface area contributed by atoms with Crippen LogP contribution in [-0.2, 0) is 9.53 Å². The summed E-state index contributed by atoms with van der Waals surface area (Å²) in [5.41, 5.74) is 1.73. The van der Waals surface area contributed by atoms with Gasteiger partial charge in [0.15, 0.2) is 0 Å². The van der Waals surface area contributed by atoms with Crippen molar-refractivity contribution in [2.75, 3.05) is 7.11 Å². The molecular weight excluding hydrogens is 218 g/mol. The van der Waals surface area contributed by atoms with Crippen LogP contribution in [0.3, 0.4) is 0 Å². The Balaban J connectivity index is 0.000000202. The van der Waals surface area contributed by atoms with Gasteiger partial charge in [0.1, 0.15) is 6.04 Å². The molecule has 1 atom stereocenters. The van der Waals surface area contributed by atoms with Gasteiger partial charge in [0, 0.05) is 0 Å². The summed E-state index contributed by atoms with van der Waals surface area (Å²) in [5, 5.41) is 2.64. The fraction of sp³-hybridized carbons (Fsp3) is 0.385. The summed E-state index contributed by atoms with van der Waals surface area (Å²) in [4.78, 5) is 20.9. The highest BCUT2D eigenvalue weighted by Crippen LogP contribution is 2.03. The number of carbonyl (C=O) groups excluding carboxylic acids is 2. The Morgan fingerprint density at radius 2 is 1.88 bits per heavy atom. The minimum absolute atomic E-state index is 0.206. The van der Waals surface area contributed by atoms with E-state index < -0.39 is 0 Å². The summed E-state index contributed by atoms with van der Waals surface area (Å²) in [6, 6.07) is 7.48. The number of benzene rings is 1. The van der Waals surface area contributed by atoms with Crippen molar-refractivity contribution in [3.63, 3.8) is 0 Å². The molecule has 1 aromatic carbocycles. The van der Waals surface area contributed by atoms with E-state index >= 15 is 0 Å². The summed E-state index contributed by atoms with van der Waals surface area (Å²) in [6.45, 7) is 3.96. The number of amides is 1. The Morgan fingerprint density at radius 1 is 1.35 bits per heavy atom. The lowest BCUT2D eigenvalue weighted by molar-refractivity contribution is -0.111. The Bertz CT molecular complexity index is 398. The number of esters is 1. The van der Waals surface area contributed by atoms with Crippen LogP contribution in [0.4, 0.5) is 0 Å². The Morgan fingerprint density at radius 3 is 2.18 bits per heavy atom. The third-order valence-electron chi connectivity index (χ3n) is 2.43. The number of carbonyl (C=O) groups is 2. The van der Waals surface area contributed by atoms with Crippen LogP contribution in [0.2, 0.25) is 0 Å². The van der Waals surface area contributed by atoms with Crippen molar-refractivity contribution in [1.82, 2.24) is 5.32 Å². The normalized spacial score (nSPS) is 16.4. The summed E-state index contributed by atoms with van der Waals surface area (Å²) < 4.78 is 4.54. The van der Waals surface area contributed by atoms with Crippen LogP contribution in [0.25, 0.3) is 0 Å². The highest BCUT2D eigenvalue weighted by Gasteiger charge is 2.30. The summed E-state index contributed by atoms with van der Waals surface area (Å²) in [7, 11) is 1.38. The van der Waals surface area contributed by atoms with Crippen LogP contribution in [0.15, 0.2) is 24.3 Å². The van der Waals surface area contributed by atoms with E-state index in [9.17, 15) is 9.59 Å². The number of hydrogen-bond donors (Lipinski definition) is 1. The van der Waals surface area contributed by atoms with Gasteiger partial charge >= 0.3 is 5.97 Å². The number of aryl methyl sites for hydroxylation is 1. The van der Waals surface area contributed by atoms with Crippen LogP contribution in [0, 0.1) is 6.92 Å². The summed E-state index contributed by atoms with van der Waals surface area (Å²) in [6.07, 6.45) is 0.943. The molecule has 17 heavy (non-hydrogen) atoms. The lowest BCUT2D eigenvalue weighted by atomic mass is 10.2. The smallest absolute Gasteiger partial charge is 0.337 e. The molecular formula is C13H17NO3. The number of methoxy groups -OCH3 is 1. The van der Waals surface area contributed by atoms with Crippen LogP contribution in [0.5, 0.6) is 0 Å². The minimum Gasteiger partial charge on any atom is -0.465 e. The second-order valence-corrected chi connectivity index (χ2v) is 3.83. The average Bonchev–Trinajstić information content (AvgIpc) is 3.06. The van der Waals surface area contributed by atoms with E-state index in [1.54, 1.807) is 12.1 Å². The highest BCUT2D eigenvalue weighted by molar-refractivity contribution is 5.96. The van der Waals surface area contributed by atoms with Gasteiger partial charge in [0.05, 0.1) is 12.7 Å². The van der Waals surface area contributed by atoms with Crippen LogP contribution in [0.1, 0.15) is 29.3 Å². The van der Waals surface area contributed by atoms with Gasteiger partial charge in [0.25, 0.3) is 0 Å². The predicted molar refractivity (Wildman–Crippen MR) is 64.7 cm³/mol. The van der Waals surface area contributed by atoms with E-state index in [1.165, 1.54) is 7.11 Å². The molecule has 1 N–H and O–H groups in total. The number of hydrogen-bond acceptors (Lipinski definition) is 3. The molecule has 4 heteroatoms. The van der Waals surface area contributed by atoms with Crippen molar-refractivity contribution in [1.29, 1.82) is 0 Å². The Kier molecular flexibility index (Phi) is 4.69. The lowest BCUT2D eigenvalue weighted by Crippen LogP contribution is -2.00. The maximum atomic E-state index is 10.9. The van der Waals surface area contributed by atoms with E-state index in [2.05, 4.69) is 10.1 Å². The van der Waals surface area contributed by atoms with Gasteiger partial charge in [-0.1, -0.05) is 24.6 Å². The fourth-order valence-corrected chi connectivity index (χ4v) is 1.23. The van der Waals surface area contributed by atoms with Gasteiger partial charge in [-0.3, -0.25) is 4.79 Å². The molecule has 0 aliphatic carbocycles. The van der Waals surface area contributed by atoms with Crippen molar-refractivity contribution in [3.8, 4) is 0 Å². The zero-order valence-corrected chi connectivity index (χ0v) is 10.3. The first-order valence-corrected chi connectivity index (χ1v) is 5.53. The van der Waals surface area contributed by atoms with E-state index in [4.69, 9.17) is 0 Å². The van der Waals surface area contributed by atoms with Gasteiger partial charge in [-0.05, 0) is 25.5 Å². The SMILES string of the molecule is CCC1NC1=O.COC(=O)c1ccc(C)cc1. The molecule has 1 fully saturated rings. The first-order valence-electron chi connectivity index (χ1n) is 5.53. The summed E-state index contributed by atoms with van der Waals surface area (Å²) >= 11 is 0. The Hall–Kier alpha value is -1.84. The first-order chi connectivity index (χ1) is 8.08. The van der Waals surface area contributed by atoms with Gasteiger partial charge in [-0.2, -0.15) is 0 Å². The second kappa shape index (κ2) is 6.03. The third-order valence-corrected chi connectivity index (χ3v) is 2.43. The van der Waals surface area contributed by atoms with E-state index in [0.717, 1.165) is 12.0 Å². The zero-order chi connectivity index (χ0) is 12.8. The van der Waals surface area contributed by atoms with Gasteiger partial charge < -0.3 is 10.1 Å². The molecule has 1 aliphatic heterocycles. The largest absolute Gasteiger partial charge is 0.465 e. The molecule has 0 bridgehead atoms. The van der Waals surface area contributed by atoms with Gasteiger partial charge in [-0.15, -0.1) is 0 Å². The van der Waals surface area contributed by atoms with Crippen LogP contribution in [-0.4, -0.2) is 25.0 Å². The molecule has 1 amide bonds. The maximum Gasteiger partial charge on any atom is 0.337 e. The zero-order valence-electron chi connectivity index (χ0n) is 10.3. The molecule has 2 rings (SSSR count). The monoisotopic (exact) mass is 235 g/mol. The quantitative estimate of drug-likeness (QED) is 0.626. The molecule has 0 spiro atoms. The van der Waals surface area contributed by atoms with Crippen molar-refractivity contribution >= 4 is 11.9 Å². The van der Waals surface area contributed by atoms with Crippen LogP contribution < -0.4 is 5.32 Å². The Labute approximate surface area is 101 Å². The average molecular weight is 235 g/mol. The molecule has 1 unspecified atom stereocenters. The summed E-state index contributed by atoms with van der Waals surface area (Å²) in [5.74, 6) is -0.0810. The minimum atomic E-state index is -0.287. The van der Waals surface area contributed by atoms with Crippen molar-refractivity contribution in [3.05, 3.63) is 35.4 Å². The van der Waals surface area contributed by atoms with E-state index in [0.29, 0.717) is 5.56 Å². The second-order valence-electron chi connectivity index (χ2n) is 3.83.